The van der Waals surface area contributed by atoms with Gasteiger partial charge in [0, 0.05) is 6.92 Å². The van der Waals surface area contributed by atoms with E-state index in [1.165, 1.54) is 13.0 Å². The first-order valence-corrected chi connectivity index (χ1v) is 7.01. The zero-order valence-corrected chi connectivity index (χ0v) is 13.2. The topological polar surface area (TPSA) is 104 Å². The molecule has 7 heteroatoms. The van der Waals surface area contributed by atoms with Crippen molar-refractivity contribution in [2.45, 2.75) is 58.2 Å². The van der Waals surface area contributed by atoms with Crippen molar-refractivity contribution in [2.75, 3.05) is 0 Å². The summed E-state index contributed by atoms with van der Waals surface area (Å²) in [5.74, 6) is -1.44. The molecule has 0 saturated carbocycles. The normalized spacial score (nSPS) is 24.6. The number of nitrogens with one attached hydrogen (secondary N) is 1. The molecule has 114 valence electrons. The summed E-state index contributed by atoms with van der Waals surface area (Å²) in [6, 6.07) is -1.02. The summed E-state index contributed by atoms with van der Waals surface area (Å²) >= 11 is 0. The van der Waals surface area contributed by atoms with Gasteiger partial charge in [-0.3, -0.25) is 4.79 Å². The van der Waals surface area contributed by atoms with E-state index in [4.69, 9.17) is 10.5 Å². The second kappa shape index (κ2) is 9.14. The van der Waals surface area contributed by atoms with Crippen molar-refractivity contribution in [1.82, 2.24) is 5.32 Å². The van der Waals surface area contributed by atoms with Crippen molar-refractivity contribution in [1.29, 1.82) is 0 Å². The third kappa shape index (κ3) is 5.74. The van der Waals surface area contributed by atoms with Gasteiger partial charge in [0.25, 0.3) is 0 Å². The number of nitrogens with two attached hydrogens (primary N) is 1. The zero-order valence-electron chi connectivity index (χ0n) is 13.2. The first-order valence-electron chi connectivity index (χ1n) is 7.01. The Morgan fingerprint density at radius 3 is 2.43 bits per heavy atom. The minimum atomic E-state index is -1.38. The Morgan fingerprint density at radius 2 is 2.00 bits per heavy atom. The Hall–Kier alpha value is -0.963. The van der Waals surface area contributed by atoms with E-state index in [9.17, 15) is 14.7 Å². The van der Waals surface area contributed by atoms with E-state index in [2.05, 4.69) is 19.2 Å². The van der Waals surface area contributed by atoms with Crippen LogP contribution in [-0.4, -0.2) is 30.1 Å². The van der Waals surface area contributed by atoms with Crippen LogP contribution in [-0.2, 0) is 14.3 Å². The van der Waals surface area contributed by atoms with Gasteiger partial charge in [-0.1, -0.05) is 26.7 Å². The Labute approximate surface area is 137 Å². The van der Waals surface area contributed by atoms with Gasteiger partial charge in [0.15, 0.2) is 0 Å². The van der Waals surface area contributed by atoms with Crippen LogP contribution in [0.3, 0.4) is 0 Å². The summed E-state index contributed by atoms with van der Waals surface area (Å²) in [6.45, 7) is 5.54. The third-order valence-corrected chi connectivity index (χ3v) is 3.73. The van der Waals surface area contributed by atoms with E-state index >= 15 is 0 Å². The molecule has 0 radical (unpaired) electrons. The molecule has 1 heterocycles. The largest absolute Gasteiger partial charge is 1.00 e. The Balaban J connectivity index is 0.00000400. The quantitative estimate of drug-likeness (QED) is 0.498. The number of carboxylic acids is 1. The number of hydrogen-bond acceptors (Lipinski definition) is 5. The fourth-order valence-electron chi connectivity index (χ4n) is 2.49. The van der Waals surface area contributed by atoms with Crippen LogP contribution in [0.1, 0.15) is 40.0 Å². The number of ether oxygens (including phenoxy) is 1. The zero-order chi connectivity index (χ0) is 15.3. The fourth-order valence-corrected chi connectivity index (χ4v) is 2.49. The Bertz CT molecular complexity index is 396. The molecule has 0 fully saturated rings. The summed E-state index contributed by atoms with van der Waals surface area (Å²) in [7, 11) is 0. The number of carbonyl (C=O) groups is 2. The van der Waals surface area contributed by atoms with Crippen molar-refractivity contribution >= 4 is 11.9 Å². The first-order chi connectivity index (χ1) is 9.38. The predicted octanol–water partition coefficient (Wildman–Crippen LogP) is -3.32. The molecule has 1 rings (SSSR count). The molecular formula is C14H23LiN2O4. The number of carbonyl (C=O) groups excluding carboxylic acids is 2. The number of amides is 1. The molecule has 3 N–H and O–H groups in total. The van der Waals surface area contributed by atoms with E-state index in [1.807, 2.05) is 0 Å². The molecule has 1 aliphatic rings. The van der Waals surface area contributed by atoms with Gasteiger partial charge in [0.2, 0.25) is 5.91 Å². The fraction of sp³-hybridized carbons (Fsp3) is 0.714. The Kier molecular flexibility index (Phi) is 8.72. The molecule has 6 nitrogen and oxygen atoms in total. The van der Waals surface area contributed by atoms with Gasteiger partial charge in [0.1, 0.15) is 17.8 Å². The van der Waals surface area contributed by atoms with Gasteiger partial charge in [-0.25, -0.2) is 0 Å². The van der Waals surface area contributed by atoms with Crippen LogP contribution < -0.4 is 35.0 Å². The smallest absolute Gasteiger partial charge is 0.542 e. The Morgan fingerprint density at radius 1 is 1.43 bits per heavy atom. The van der Waals surface area contributed by atoms with Gasteiger partial charge >= 0.3 is 18.9 Å². The van der Waals surface area contributed by atoms with Crippen LogP contribution in [0, 0.1) is 5.92 Å². The molecule has 0 aromatic rings. The molecule has 0 aromatic carbocycles. The van der Waals surface area contributed by atoms with Gasteiger partial charge in [-0.05, 0) is 18.4 Å². The average molecular weight is 290 g/mol. The molecule has 1 amide bonds. The summed E-state index contributed by atoms with van der Waals surface area (Å²) in [5, 5.41) is 13.7. The van der Waals surface area contributed by atoms with E-state index in [1.54, 1.807) is 0 Å². The summed E-state index contributed by atoms with van der Waals surface area (Å²) in [4.78, 5) is 22.2. The predicted molar refractivity (Wildman–Crippen MR) is 72.2 cm³/mol. The standard InChI is InChI=1S/C14H24N2O4.Li/c1-4-9(5-2)6-11-13(16-8(3)17)10(15)7-12(20-11)14(18)19;/h7,9-11,13H,4-6,15H2,1-3H3,(H,16,17)(H,18,19);/q;+1/p-1/t10-,11-,13+;/m0./s1. The molecule has 0 aromatic heterocycles. The van der Waals surface area contributed by atoms with Crippen molar-refractivity contribution < 1.29 is 38.3 Å². The maximum Gasteiger partial charge on any atom is 1.00 e. The van der Waals surface area contributed by atoms with Gasteiger partial charge in [-0.15, -0.1) is 0 Å². The van der Waals surface area contributed by atoms with Gasteiger partial charge < -0.3 is 25.7 Å². The molecule has 1 aliphatic heterocycles. The maximum atomic E-state index is 11.3. The molecule has 0 unspecified atom stereocenters. The van der Waals surface area contributed by atoms with E-state index in [0.717, 1.165) is 12.8 Å². The maximum absolute atomic E-state index is 11.3. The summed E-state index contributed by atoms with van der Waals surface area (Å²) < 4.78 is 5.47. The average Bonchev–Trinajstić information content (AvgIpc) is 2.38. The SMILES string of the molecule is CCC(CC)C[C@@H]1OC(C(=O)[O-])=C[C@H](N)[C@H]1NC(C)=O.[Li+]. The van der Waals surface area contributed by atoms with Crippen LogP contribution in [0.4, 0.5) is 0 Å². The first kappa shape index (κ1) is 20.0. The van der Waals surface area contributed by atoms with Crippen molar-refractivity contribution in [3.8, 4) is 0 Å². The van der Waals surface area contributed by atoms with Gasteiger partial charge in [-0.2, -0.15) is 0 Å². The van der Waals surface area contributed by atoms with Crippen LogP contribution in [0.2, 0.25) is 0 Å². The summed E-state index contributed by atoms with van der Waals surface area (Å²) in [5.41, 5.74) is 5.94. The molecule has 0 aliphatic carbocycles. The molecular weight excluding hydrogens is 267 g/mol. The van der Waals surface area contributed by atoms with Crippen LogP contribution in [0.25, 0.3) is 0 Å². The van der Waals surface area contributed by atoms with Crippen LogP contribution >= 0.6 is 0 Å². The third-order valence-electron chi connectivity index (χ3n) is 3.73. The minimum Gasteiger partial charge on any atom is -0.542 e. The molecule has 0 bridgehead atoms. The molecule has 0 spiro atoms. The number of carboxylic acid groups (broad SMARTS) is 1. The van der Waals surface area contributed by atoms with Crippen LogP contribution in [0.5, 0.6) is 0 Å². The minimum absolute atomic E-state index is 0. The van der Waals surface area contributed by atoms with Crippen LogP contribution in [0.15, 0.2) is 11.8 Å². The molecule has 3 atom stereocenters. The van der Waals surface area contributed by atoms with Crippen molar-refractivity contribution in [2.24, 2.45) is 11.7 Å². The monoisotopic (exact) mass is 290 g/mol. The molecule has 0 saturated heterocycles. The molecule has 21 heavy (non-hydrogen) atoms. The number of hydrogen-bond donors (Lipinski definition) is 2. The van der Waals surface area contributed by atoms with E-state index < -0.39 is 24.2 Å². The van der Waals surface area contributed by atoms with E-state index in [-0.39, 0.29) is 30.5 Å². The van der Waals surface area contributed by atoms with Crippen molar-refractivity contribution in [3.63, 3.8) is 0 Å². The summed E-state index contributed by atoms with van der Waals surface area (Å²) in [6.07, 6.45) is 3.41. The second-order valence-electron chi connectivity index (χ2n) is 5.20. The number of aliphatic carboxylic acids is 1. The van der Waals surface area contributed by atoms with Gasteiger partial charge in [0.05, 0.1) is 12.1 Å². The number of rotatable bonds is 6. The second-order valence-corrected chi connectivity index (χ2v) is 5.20. The van der Waals surface area contributed by atoms with Crippen molar-refractivity contribution in [3.05, 3.63) is 11.8 Å². The van der Waals surface area contributed by atoms with E-state index in [0.29, 0.717) is 12.3 Å².